The summed E-state index contributed by atoms with van der Waals surface area (Å²) in [5, 5.41) is 6.42. The third-order valence-corrected chi connectivity index (χ3v) is 6.61. The highest BCUT2D eigenvalue weighted by Crippen LogP contribution is 2.28. The van der Waals surface area contributed by atoms with E-state index in [4.69, 9.17) is 4.74 Å². The van der Waals surface area contributed by atoms with Gasteiger partial charge < -0.3 is 10.1 Å². The molecular formula is C23H24N4O3S. The van der Waals surface area contributed by atoms with E-state index < -0.39 is 0 Å². The van der Waals surface area contributed by atoms with Crippen molar-refractivity contribution in [1.29, 1.82) is 0 Å². The number of ether oxygens (including phenoxy) is 1. The Morgan fingerprint density at radius 3 is 2.90 bits per heavy atom. The fraction of sp³-hybridized carbons (Fsp3) is 0.348. The zero-order valence-corrected chi connectivity index (χ0v) is 18.0. The van der Waals surface area contributed by atoms with Gasteiger partial charge in [-0.3, -0.25) is 19.8 Å². The molecule has 160 valence electrons. The minimum atomic E-state index is -0.189. The molecule has 0 radical (unpaired) electrons. The van der Waals surface area contributed by atoms with Crippen LogP contribution in [0.2, 0.25) is 0 Å². The average molecular weight is 437 g/mol. The molecule has 0 unspecified atom stereocenters. The van der Waals surface area contributed by atoms with E-state index in [1.54, 1.807) is 6.07 Å². The van der Waals surface area contributed by atoms with Crippen molar-refractivity contribution in [2.24, 2.45) is 0 Å². The highest BCUT2D eigenvalue weighted by molar-refractivity contribution is 7.22. The van der Waals surface area contributed by atoms with E-state index in [1.807, 2.05) is 18.2 Å². The Balaban J connectivity index is 1.30. The third-order valence-electron chi connectivity index (χ3n) is 5.67. The maximum Gasteiger partial charge on any atom is 0.257 e. The molecule has 2 aromatic carbocycles. The van der Waals surface area contributed by atoms with Crippen LogP contribution >= 0.6 is 11.3 Å². The molecule has 0 atom stereocenters. The molecule has 1 aromatic heterocycles. The second-order valence-corrected chi connectivity index (χ2v) is 8.97. The van der Waals surface area contributed by atoms with Crippen molar-refractivity contribution in [2.75, 3.05) is 36.9 Å². The van der Waals surface area contributed by atoms with Gasteiger partial charge in [0.15, 0.2) is 5.13 Å². The number of aryl methyl sites for hydroxylation is 1. The van der Waals surface area contributed by atoms with Gasteiger partial charge in [-0.2, -0.15) is 0 Å². The highest BCUT2D eigenvalue weighted by Gasteiger charge is 2.17. The quantitative estimate of drug-likeness (QED) is 0.652. The standard InChI is InChI=1S/C23H24N4O3S/c28-21-3-1-2-16-13-17(5-7-18(16)24-21)22(29)26-23-25-19-6-4-15(12-20(19)31-23)14-27-8-10-30-11-9-27/h4-7,12-13H,1-3,8-11,14H2,(H,24,28)(H,25,26,29). The number of nitrogens with zero attached hydrogens (tertiary/aromatic N) is 2. The Kier molecular flexibility index (Phi) is 5.67. The van der Waals surface area contributed by atoms with Crippen LogP contribution < -0.4 is 10.6 Å². The first kappa shape index (κ1) is 20.1. The smallest absolute Gasteiger partial charge is 0.257 e. The van der Waals surface area contributed by atoms with Gasteiger partial charge in [0.05, 0.1) is 23.4 Å². The van der Waals surface area contributed by atoms with Crippen molar-refractivity contribution in [3.05, 3.63) is 53.1 Å². The average Bonchev–Trinajstić information content (AvgIpc) is 3.06. The van der Waals surface area contributed by atoms with Gasteiger partial charge in [-0.1, -0.05) is 17.4 Å². The van der Waals surface area contributed by atoms with Gasteiger partial charge in [0.2, 0.25) is 5.91 Å². The molecule has 2 amide bonds. The Morgan fingerprint density at radius 2 is 2.03 bits per heavy atom. The molecule has 5 rings (SSSR count). The summed E-state index contributed by atoms with van der Waals surface area (Å²) in [4.78, 5) is 31.5. The lowest BCUT2D eigenvalue weighted by Gasteiger charge is -2.26. The monoisotopic (exact) mass is 436 g/mol. The SMILES string of the molecule is O=C1CCCc2cc(C(=O)Nc3nc4ccc(CN5CCOCC5)cc4s3)ccc2N1. The van der Waals surface area contributed by atoms with Gasteiger partial charge in [-0.15, -0.1) is 0 Å². The highest BCUT2D eigenvalue weighted by atomic mass is 32.1. The van der Waals surface area contributed by atoms with Crippen LogP contribution in [0.5, 0.6) is 0 Å². The number of hydrogen-bond donors (Lipinski definition) is 2. The molecule has 3 heterocycles. The first-order valence-corrected chi connectivity index (χ1v) is 11.4. The number of carbonyl (C=O) groups is 2. The summed E-state index contributed by atoms with van der Waals surface area (Å²) >= 11 is 1.49. The van der Waals surface area contributed by atoms with Gasteiger partial charge in [0.25, 0.3) is 5.91 Å². The van der Waals surface area contributed by atoms with E-state index in [2.05, 4.69) is 32.7 Å². The van der Waals surface area contributed by atoms with E-state index in [1.165, 1.54) is 16.9 Å². The van der Waals surface area contributed by atoms with E-state index in [-0.39, 0.29) is 11.8 Å². The number of nitrogens with one attached hydrogen (secondary N) is 2. The lowest BCUT2D eigenvalue weighted by molar-refractivity contribution is -0.116. The third kappa shape index (κ3) is 4.61. The molecule has 3 aromatic rings. The summed E-state index contributed by atoms with van der Waals surface area (Å²) in [6, 6.07) is 11.7. The Morgan fingerprint density at radius 1 is 1.16 bits per heavy atom. The Bertz CT molecular complexity index is 1140. The van der Waals surface area contributed by atoms with Crippen LogP contribution in [0, 0.1) is 0 Å². The first-order chi connectivity index (χ1) is 15.1. The number of carbonyl (C=O) groups excluding carboxylic acids is 2. The maximum atomic E-state index is 12.8. The number of benzene rings is 2. The molecular weight excluding hydrogens is 412 g/mol. The molecule has 0 bridgehead atoms. The molecule has 2 aliphatic rings. The van der Waals surface area contributed by atoms with Crippen molar-refractivity contribution < 1.29 is 14.3 Å². The van der Waals surface area contributed by atoms with Gasteiger partial charge in [-0.05, 0) is 54.3 Å². The van der Waals surface area contributed by atoms with Crippen LogP contribution in [-0.2, 0) is 22.5 Å². The Hall–Kier alpha value is -2.81. The lowest BCUT2D eigenvalue weighted by Crippen LogP contribution is -2.35. The summed E-state index contributed by atoms with van der Waals surface area (Å²) in [5.74, 6) is -0.163. The number of thiazole rings is 1. The number of fused-ring (bicyclic) bond motifs is 2. The summed E-state index contributed by atoms with van der Waals surface area (Å²) in [6.07, 6.45) is 2.08. The summed E-state index contributed by atoms with van der Waals surface area (Å²) in [5.41, 5.74) is 4.49. The summed E-state index contributed by atoms with van der Waals surface area (Å²) in [6.45, 7) is 4.37. The van der Waals surface area contributed by atoms with Crippen LogP contribution in [0.4, 0.5) is 10.8 Å². The van der Waals surface area contributed by atoms with Crippen molar-refractivity contribution >= 4 is 44.2 Å². The molecule has 8 heteroatoms. The van der Waals surface area contributed by atoms with E-state index in [0.29, 0.717) is 17.1 Å². The van der Waals surface area contributed by atoms with Crippen LogP contribution in [-0.4, -0.2) is 48.0 Å². The maximum absolute atomic E-state index is 12.8. The summed E-state index contributed by atoms with van der Waals surface area (Å²) in [7, 11) is 0. The van der Waals surface area contributed by atoms with Crippen LogP contribution in [0.1, 0.15) is 34.3 Å². The topological polar surface area (TPSA) is 83.6 Å². The molecule has 1 saturated heterocycles. The van der Waals surface area contributed by atoms with Gasteiger partial charge in [0, 0.05) is 37.3 Å². The number of amides is 2. The van der Waals surface area contributed by atoms with Gasteiger partial charge in [-0.25, -0.2) is 4.98 Å². The fourth-order valence-corrected chi connectivity index (χ4v) is 4.95. The molecule has 2 aliphatic heterocycles. The molecule has 2 N–H and O–H groups in total. The number of rotatable bonds is 4. The Labute approximate surface area is 184 Å². The fourth-order valence-electron chi connectivity index (χ4n) is 4.02. The van der Waals surface area contributed by atoms with Crippen LogP contribution in [0.3, 0.4) is 0 Å². The van der Waals surface area contributed by atoms with Gasteiger partial charge in [0.1, 0.15) is 0 Å². The van der Waals surface area contributed by atoms with Crippen molar-refractivity contribution in [1.82, 2.24) is 9.88 Å². The van der Waals surface area contributed by atoms with Crippen molar-refractivity contribution in [2.45, 2.75) is 25.8 Å². The zero-order valence-electron chi connectivity index (χ0n) is 17.1. The minimum Gasteiger partial charge on any atom is -0.379 e. The van der Waals surface area contributed by atoms with E-state index in [9.17, 15) is 9.59 Å². The molecule has 1 fully saturated rings. The van der Waals surface area contributed by atoms with Crippen LogP contribution in [0.15, 0.2) is 36.4 Å². The lowest BCUT2D eigenvalue weighted by atomic mass is 10.0. The molecule has 0 saturated carbocycles. The second-order valence-electron chi connectivity index (χ2n) is 7.94. The van der Waals surface area contributed by atoms with Crippen molar-refractivity contribution in [3.63, 3.8) is 0 Å². The largest absolute Gasteiger partial charge is 0.379 e. The van der Waals surface area contributed by atoms with E-state index >= 15 is 0 Å². The number of aromatic nitrogens is 1. The molecule has 7 nitrogen and oxygen atoms in total. The van der Waals surface area contributed by atoms with E-state index in [0.717, 1.165) is 67.2 Å². The molecule has 0 aliphatic carbocycles. The summed E-state index contributed by atoms with van der Waals surface area (Å²) < 4.78 is 6.48. The number of anilines is 2. The number of morpholine rings is 1. The minimum absolute atomic E-state index is 0.0263. The molecule has 31 heavy (non-hydrogen) atoms. The molecule has 0 spiro atoms. The first-order valence-electron chi connectivity index (χ1n) is 10.6. The zero-order chi connectivity index (χ0) is 21.2. The predicted octanol–water partition coefficient (Wildman–Crippen LogP) is 3.66. The second kappa shape index (κ2) is 8.74. The number of hydrogen-bond acceptors (Lipinski definition) is 6. The predicted molar refractivity (Wildman–Crippen MR) is 122 cm³/mol. The van der Waals surface area contributed by atoms with Gasteiger partial charge >= 0.3 is 0 Å². The van der Waals surface area contributed by atoms with Crippen molar-refractivity contribution in [3.8, 4) is 0 Å². The normalized spacial score (nSPS) is 17.1. The van der Waals surface area contributed by atoms with Crippen LogP contribution in [0.25, 0.3) is 10.2 Å².